The molecular formula is C11H18N2O2S2. The van der Waals surface area contributed by atoms with Crippen LogP contribution in [0.1, 0.15) is 23.8 Å². The number of hydrogen-bond donors (Lipinski definition) is 2. The quantitative estimate of drug-likeness (QED) is 0.738. The molecular weight excluding hydrogens is 256 g/mol. The van der Waals surface area contributed by atoms with Crippen LogP contribution in [-0.4, -0.2) is 27.8 Å². The summed E-state index contributed by atoms with van der Waals surface area (Å²) >= 11 is 1.76. The van der Waals surface area contributed by atoms with E-state index in [1.807, 2.05) is 0 Å². The van der Waals surface area contributed by atoms with E-state index in [4.69, 9.17) is 0 Å². The first-order valence-electron chi connectivity index (χ1n) is 5.78. The lowest BCUT2D eigenvalue weighted by molar-refractivity contribution is 0.488. The molecule has 2 N–H and O–H groups in total. The van der Waals surface area contributed by atoms with Crippen LogP contribution in [0.15, 0.2) is 17.5 Å². The number of sulfonamides is 1. The number of hydrogen-bond acceptors (Lipinski definition) is 4. The maximum absolute atomic E-state index is 10.9. The Balaban J connectivity index is 1.79. The van der Waals surface area contributed by atoms with E-state index in [2.05, 4.69) is 27.6 Å². The predicted octanol–water partition coefficient (Wildman–Crippen LogP) is 1.34. The minimum absolute atomic E-state index is 0.399. The third kappa shape index (κ3) is 4.39. The molecule has 0 radical (unpaired) electrons. The fourth-order valence-corrected chi connectivity index (χ4v) is 3.23. The van der Waals surface area contributed by atoms with Crippen LogP contribution >= 0.6 is 11.3 Å². The van der Waals surface area contributed by atoms with Crippen molar-refractivity contribution in [3.8, 4) is 0 Å². The van der Waals surface area contributed by atoms with Crippen molar-refractivity contribution in [2.24, 2.45) is 5.92 Å². The van der Waals surface area contributed by atoms with E-state index in [1.165, 1.54) is 24.0 Å². The van der Waals surface area contributed by atoms with Crippen LogP contribution in [0.3, 0.4) is 0 Å². The van der Waals surface area contributed by atoms with Crippen molar-refractivity contribution in [2.45, 2.75) is 18.9 Å². The Morgan fingerprint density at radius 3 is 2.76 bits per heavy atom. The lowest BCUT2D eigenvalue weighted by atomic mass is 10.1. The molecule has 1 atom stereocenters. The number of rotatable bonds is 7. The summed E-state index contributed by atoms with van der Waals surface area (Å²) in [5, 5.41) is 5.52. The average molecular weight is 274 g/mol. The molecule has 1 aliphatic carbocycles. The summed E-state index contributed by atoms with van der Waals surface area (Å²) in [7, 11) is -3.07. The molecule has 1 fully saturated rings. The second-order valence-electron chi connectivity index (χ2n) is 4.45. The Hall–Kier alpha value is -0.430. The topological polar surface area (TPSA) is 58.2 Å². The van der Waals surface area contributed by atoms with Gasteiger partial charge >= 0.3 is 0 Å². The van der Waals surface area contributed by atoms with E-state index in [0.29, 0.717) is 19.1 Å². The summed E-state index contributed by atoms with van der Waals surface area (Å²) in [5.74, 6) is 0.729. The summed E-state index contributed by atoms with van der Waals surface area (Å²) in [6, 6.07) is 4.60. The van der Waals surface area contributed by atoms with Crippen molar-refractivity contribution in [3.05, 3.63) is 22.4 Å². The highest BCUT2D eigenvalue weighted by Crippen LogP contribution is 2.42. The molecule has 1 aromatic rings. The highest BCUT2D eigenvalue weighted by atomic mass is 32.2. The van der Waals surface area contributed by atoms with E-state index >= 15 is 0 Å². The zero-order valence-corrected chi connectivity index (χ0v) is 11.5. The summed E-state index contributed by atoms with van der Waals surface area (Å²) in [4.78, 5) is 1.35. The van der Waals surface area contributed by atoms with Crippen LogP contribution in [0.5, 0.6) is 0 Å². The molecule has 1 unspecified atom stereocenters. The Morgan fingerprint density at radius 1 is 1.47 bits per heavy atom. The molecule has 0 aromatic carbocycles. The largest absolute Gasteiger partial charge is 0.308 e. The summed E-state index contributed by atoms with van der Waals surface area (Å²) in [6.45, 7) is 1.12. The second kappa shape index (κ2) is 5.48. The highest BCUT2D eigenvalue weighted by molar-refractivity contribution is 7.88. The lowest BCUT2D eigenvalue weighted by Gasteiger charge is -2.16. The maximum atomic E-state index is 10.9. The number of thiophene rings is 1. The Morgan fingerprint density at radius 2 is 2.24 bits per heavy atom. The Bertz CT molecular complexity index is 438. The fourth-order valence-electron chi connectivity index (χ4n) is 1.86. The molecule has 6 heteroatoms. The molecule has 96 valence electrons. The van der Waals surface area contributed by atoms with Gasteiger partial charge in [0.25, 0.3) is 0 Å². The van der Waals surface area contributed by atoms with E-state index in [0.717, 1.165) is 5.92 Å². The molecule has 1 heterocycles. The van der Waals surface area contributed by atoms with Crippen molar-refractivity contribution in [1.29, 1.82) is 0 Å². The van der Waals surface area contributed by atoms with Gasteiger partial charge in [0.1, 0.15) is 0 Å². The molecule has 4 nitrogen and oxygen atoms in total. The van der Waals surface area contributed by atoms with Crippen LogP contribution in [0.4, 0.5) is 0 Å². The third-order valence-corrected chi connectivity index (χ3v) is 4.48. The van der Waals surface area contributed by atoms with Gasteiger partial charge < -0.3 is 5.32 Å². The average Bonchev–Trinajstić information content (AvgIpc) is 2.92. The molecule has 0 saturated heterocycles. The predicted molar refractivity (Wildman–Crippen MR) is 70.6 cm³/mol. The molecule has 0 spiro atoms. The van der Waals surface area contributed by atoms with E-state index < -0.39 is 10.0 Å². The van der Waals surface area contributed by atoms with Crippen LogP contribution in [-0.2, 0) is 10.0 Å². The van der Waals surface area contributed by atoms with Gasteiger partial charge in [-0.15, -0.1) is 11.3 Å². The molecule has 1 aliphatic rings. The van der Waals surface area contributed by atoms with Crippen molar-refractivity contribution in [1.82, 2.24) is 10.0 Å². The molecule has 1 aromatic heterocycles. The van der Waals surface area contributed by atoms with Crippen molar-refractivity contribution < 1.29 is 8.42 Å². The van der Waals surface area contributed by atoms with Gasteiger partial charge in [-0.2, -0.15) is 0 Å². The molecule has 0 amide bonds. The third-order valence-electron chi connectivity index (χ3n) is 2.80. The van der Waals surface area contributed by atoms with Gasteiger partial charge in [-0.1, -0.05) is 6.07 Å². The van der Waals surface area contributed by atoms with Crippen LogP contribution in [0.25, 0.3) is 0 Å². The van der Waals surface area contributed by atoms with Gasteiger partial charge in [-0.3, -0.25) is 0 Å². The lowest BCUT2D eigenvalue weighted by Crippen LogP contribution is -2.33. The first-order chi connectivity index (χ1) is 8.06. The standard InChI is InChI=1S/C11H18N2O2S2/c1-17(14,15)13-7-6-12-11(9-4-5-9)10-3-2-8-16-10/h2-3,8-9,11-13H,4-7H2,1H3. The normalized spacial score (nSPS) is 18.2. The van der Waals surface area contributed by atoms with E-state index in [1.54, 1.807) is 11.3 Å². The van der Waals surface area contributed by atoms with Crippen molar-refractivity contribution in [3.63, 3.8) is 0 Å². The minimum atomic E-state index is -3.07. The molecule has 1 saturated carbocycles. The summed E-state index contributed by atoms with van der Waals surface area (Å²) in [6.07, 6.45) is 3.73. The van der Waals surface area contributed by atoms with Crippen molar-refractivity contribution in [2.75, 3.05) is 19.3 Å². The smallest absolute Gasteiger partial charge is 0.208 e. The zero-order valence-electron chi connectivity index (χ0n) is 9.85. The second-order valence-corrected chi connectivity index (χ2v) is 7.26. The monoisotopic (exact) mass is 274 g/mol. The SMILES string of the molecule is CS(=O)(=O)NCCNC(c1cccs1)C1CC1. The van der Waals surface area contributed by atoms with Gasteiger partial charge in [0, 0.05) is 24.0 Å². The summed E-state index contributed by atoms with van der Waals surface area (Å²) < 4.78 is 24.3. The highest BCUT2D eigenvalue weighted by Gasteiger charge is 2.32. The van der Waals surface area contributed by atoms with E-state index in [-0.39, 0.29) is 0 Å². The van der Waals surface area contributed by atoms with Crippen LogP contribution < -0.4 is 10.0 Å². The van der Waals surface area contributed by atoms with Gasteiger partial charge in [-0.05, 0) is 30.2 Å². The Labute approximate surface area is 106 Å². The Kier molecular flexibility index (Phi) is 4.19. The van der Waals surface area contributed by atoms with Gasteiger partial charge in [0.15, 0.2) is 0 Å². The van der Waals surface area contributed by atoms with E-state index in [9.17, 15) is 8.42 Å². The molecule has 17 heavy (non-hydrogen) atoms. The molecule has 0 aliphatic heterocycles. The minimum Gasteiger partial charge on any atom is -0.308 e. The van der Waals surface area contributed by atoms with Gasteiger partial charge in [0.05, 0.1) is 6.26 Å². The van der Waals surface area contributed by atoms with Gasteiger partial charge in [0.2, 0.25) is 10.0 Å². The first kappa shape index (κ1) is 13.0. The number of nitrogens with one attached hydrogen (secondary N) is 2. The fraction of sp³-hybridized carbons (Fsp3) is 0.636. The van der Waals surface area contributed by atoms with Crippen molar-refractivity contribution >= 4 is 21.4 Å². The maximum Gasteiger partial charge on any atom is 0.208 e. The van der Waals surface area contributed by atoms with Gasteiger partial charge in [-0.25, -0.2) is 13.1 Å². The zero-order chi connectivity index (χ0) is 12.3. The van der Waals surface area contributed by atoms with Crippen LogP contribution in [0.2, 0.25) is 0 Å². The summed E-state index contributed by atoms with van der Waals surface area (Å²) in [5.41, 5.74) is 0. The van der Waals surface area contributed by atoms with Crippen LogP contribution in [0, 0.1) is 5.92 Å². The first-order valence-corrected chi connectivity index (χ1v) is 8.55. The molecule has 2 rings (SSSR count). The molecule has 0 bridgehead atoms.